The van der Waals surface area contributed by atoms with Gasteiger partial charge in [0.2, 0.25) is 16.9 Å². The number of amides is 1. The lowest BCUT2D eigenvalue weighted by molar-refractivity contribution is -0.113. The van der Waals surface area contributed by atoms with Gasteiger partial charge >= 0.3 is 0 Å². The number of furan rings is 1. The van der Waals surface area contributed by atoms with Crippen molar-refractivity contribution in [2.24, 2.45) is 0 Å². The molecule has 3 aromatic rings. The summed E-state index contributed by atoms with van der Waals surface area (Å²) in [6.45, 7) is 0. The molecule has 3 N–H and O–H groups in total. The smallest absolute Gasteiger partial charge is 0.234 e. The van der Waals surface area contributed by atoms with Crippen molar-refractivity contribution < 1.29 is 9.21 Å². The van der Waals surface area contributed by atoms with E-state index in [-0.39, 0.29) is 11.7 Å². The second-order valence-electron chi connectivity index (χ2n) is 4.69. The molecule has 124 valence electrons. The van der Waals surface area contributed by atoms with E-state index in [0.29, 0.717) is 16.7 Å². The summed E-state index contributed by atoms with van der Waals surface area (Å²) in [5, 5.41) is 11.3. The standard InChI is InChI=1S/C15H15N5O2S2/c1-23-12-7-3-2-5-10(12)17-13(21)9-24-15-19-18-14(20(15)16)11-6-4-8-22-11/h2-8H,9,16H2,1H3,(H,17,21). The van der Waals surface area contributed by atoms with Gasteiger partial charge in [-0.25, -0.2) is 4.68 Å². The van der Waals surface area contributed by atoms with Crippen LogP contribution in [-0.2, 0) is 4.79 Å². The van der Waals surface area contributed by atoms with E-state index in [9.17, 15) is 4.79 Å². The second-order valence-corrected chi connectivity index (χ2v) is 6.48. The summed E-state index contributed by atoms with van der Waals surface area (Å²) in [5.41, 5.74) is 0.793. The number of anilines is 1. The van der Waals surface area contributed by atoms with Crippen LogP contribution in [0, 0.1) is 0 Å². The Morgan fingerprint density at radius 1 is 1.29 bits per heavy atom. The van der Waals surface area contributed by atoms with Gasteiger partial charge in [0.05, 0.1) is 17.7 Å². The number of rotatable bonds is 6. The lowest BCUT2D eigenvalue weighted by Gasteiger charge is -2.08. The first-order chi connectivity index (χ1) is 11.7. The van der Waals surface area contributed by atoms with E-state index in [4.69, 9.17) is 10.3 Å². The van der Waals surface area contributed by atoms with Crippen LogP contribution in [0.5, 0.6) is 0 Å². The molecule has 2 aromatic heterocycles. The SMILES string of the molecule is CSc1ccccc1NC(=O)CSc1nnc(-c2ccco2)n1N. The first kappa shape index (κ1) is 16.5. The van der Waals surface area contributed by atoms with Gasteiger partial charge in [-0.15, -0.1) is 22.0 Å². The Kier molecular flexibility index (Phi) is 5.11. The second kappa shape index (κ2) is 7.45. The number of nitrogen functional groups attached to an aromatic ring is 1. The van der Waals surface area contributed by atoms with Crippen LogP contribution in [0.25, 0.3) is 11.6 Å². The van der Waals surface area contributed by atoms with Crippen LogP contribution < -0.4 is 11.2 Å². The molecule has 9 heteroatoms. The van der Waals surface area contributed by atoms with E-state index in [1.54, 1.807) is 23.9 Å². The third-order valence-electron chi connectivity index (χ3n) is 3.12. The first-order valence-electron chi connectivity index (χ1n) is 6.99. The minimum atomic E-state index is -0.135. The molecule has 0 aliphatic carbocycles. The number of nitrogens with two attached hydrogens (primary N) is 1. The minimum absolute atomic E-state index is 0.135. The van der Waals surface area contributed by atoms with Gasteiger partial charge in [0.15, 0.2) is 5.76 Å². The third-order valence-corrected chi connectivity index (χ3v) is 4.86. The van der Waals surface area contributed by atoms with Gasteiger partial charge < -0.3 is 15.6 Å². The van der Waals surface area contributed by atoms with E-state index >= 15 is 0 Å². The van der Waals surface area contributed by atoms with Gasteiger partial charge in [0.25, 0.3) is 0 Å². The van der Waals surface area contributed by atoms with Crippen LogP contribution >= 0.6 is 23.5 Å². The van der Waals surface area contributed by atoms with Crippen LogP contribution in [0.3, 0.4) is 0 Å². The minimum Gasteiger partial charge on any atom is -0.461 e. The number of nitrogens with one attached hydrogen (secondary N) is 1. The van der Waals surface area contributed by atoms with Crippen LogP contribution in [0.1, 0.15) is 0 Å². The van der Waals surface area contributed by atoms with Crippen LogP contribution in [0.15, 0.2) is 57.1 Å². The zero-order valence-corrected chi connectivity index (χ0v) is 14.4. The zero-order chi connectivity index (χ0) is 16.9. The monoisotopic (exact) mass is 361 g/mol. The van der Waals surface area contributed by atoms with E-state index in [0.717, 1.165) is 10.6 Å². The molecule has 1 amide bonds. The molecular formula is C15H15N5O2S2. The molecule has 0 saturated carbocycles. The van der Waals surface area contributed by atoms with Gasteiger partial charge in [-0.3, -0.25) is 4.79 Å². The Morgan fingerprint density at radius 3 is 2.88 bits per heavy atom. The van der Waals surface area contributed by atoms with E-state index in [2.05, 4.69) is 15.5 Å². The van der Waals surface area contributed by atoms with E-state index < -0.39 is 0 Å². The molecule has 0 saturated heterocycles. The van der Waals surface area contributed by atoms with Crippen LogP contribution in [-0.4, -0.2) is 32.8 Å². The highest BCUT2D eigenvalue weighted by atomic mass is 32.2. The number of para-hydroxylation sites is 1. The number of carbonyl (C=O) groups excluding carboxylic acids is 1. The van der Waals surface area contributed by atoms with Crippen LogP contribution in [0.4, 0.5) is 5.69 Å². The number of hydrogen-bond donors (Lipinski definition) is 2. The molecule has 0 aliphatic rings. The van der Waals surface area contributed by atoms with Crippen molar-refractivity contribution in [2.45, 2.75) is 10.1 Å². The number of aromatic nitrogens is 3. The number of thioether (sulfide) groups is 2. The van der Waals surface area contributed by atoms with Crippen molar-refractivity contribution in [2.75, 3.05) is 23.2 Å². The fraction of sp³-hybridized carbons (Fsp3) is 0.133. The number of benzene rings is 1. The van der Waals surface area contributed by atoms with Crippen LogP contribution in [0.2, 0.25) is 0 Å². The van der Waals surface area contributed by atoms with E-state index in [1.165, 1.54) is 22.7 Å². The number of carbonyl (C=O) groups is 1. The molecule has 24 heavy (non-hydrogen) atoms. The van der Waals surface area contributed by atoms with Gasteiger partial charge in [0.1, 0.15) is 0 Å². The Hall–Kier alpha value is -2.39. The highest BCUT2D eigenvalue weighted by Crippen LogP contribution is 2.25. The van der Waals surface area contributed by atoms with Crippen molar-refractivity contribution in [1.29, 1.82) is 0 Å². The molecule has 7 nitrogen and oxygen atoms in total. The predicted molar refractivity (Wildman–Crippen MR) is 95.5 cm³/mol. The Balaban J connectivity index is 1.63. The molecule has 2 heterocycles. The van der Waals surface area contributed by atoms with Crippen molar-refractivity contribution >= 4 is 35.1 Å². The summed E-state index contributed by atoms with van der Waals surface area (Å²) in [7, 11) is 0. The molecule has 0 unspecified atom stereocenters. The largest absolute Gasteiger partial charge is 0.461 e. The summed E-state index contributed by atoms with van der Waals surface area (Å²) in [6, 6.07) is 11.1. The van der Waals surface area contributed by atoms with Gasteiger partial charge in [-0.05, 0) is 30.5 Å². The molecule has 0 atom stereocenters. The average Bonchev–Trinajstić information content (AvgIpc) is 3.23. The topological polar surface area (TPSA) is 99.0 Å². The van der Waals surface area contributed by atoms with Crippen molar-refractivity contribution in [3.8, 4) is 11.6 Å². The van der Waals surface area contributed by atoms with Crippen molar-refractivity contribution in [3.05, 3.63) is 42.7 Å². The maximum atomic E-state index is 12.1. The molecule has 0 bridgehead atoms. The van der Waals surface area contributed by atoms with Crippen molar-refractivity contribution in [1.82, 2.24) is 14.9 Å². The molecule has 3 rings (SSSR count). The van der Waals surface area contributed by atoms with Gasteiger partial charge in [-0.1, -0.05) is 23.9 Å². The van der Waals surface area contributed by atoms with Gasteiger partial charge in [0, 0.05) is 4.90 Å². The van der Waals surface area contributed by atoms with Gasteiger partial charge in [-0.2, -0.15) is 0 Å². The third kappa shape index (κ3) is 3.57. The fourth-order valence-electron chi connectivity index (χ4n) is 2.01. The summed E-state index contributed by atoms with van der Waals surface area (Å²) in [4.78, 5) is 13.2. The Labute approximate surface area is 147 Å². The average molecular weight is 361 g/mol. The molecular weight excluding hydrogens is 346 g/mol. The van der Waals surface area contributed by atoms with E-state index in [1.807, 2.05) is 30.5 Å². The summed E-state index contributed by atoms with van der Waals surface area (Å²) in [6.07, 6.45) is 3.50. The summed E-state index contributed by atoms with van der Waals surface area (Å²) < 4.78 is 6.56. The lowest BCUT2D eigenvalue weighted by atomic mass is 10.3. The number of nitrogens with zero attached hydrogens (tertiary/aromatic N) is 3. The molecule has 0 radical (unpaired) electrons. The maximum Gasteiger partial charge on any atom is 0.234 e. The maximum absolute atomic E-state index is 12.1. The molecule has 1 aromatic carbocycles. The quantitative estimate of drug-likeness (QED) is 0.514. The predicted octanol–water partition coefficient (Wildman–Crippen LogP) is 2.70. The molecule has 0 fully saturated rings. The summed E-state index contributed by atoms with van der Waals surface area (Å²) in [5.74, 6) is 6.93. The Morgan fingerprint density at radius 2 is 2.12 bits per heavy atom. The first-order valence-corrected chi connectivity index (χ1v) is 9.20. The zero-order valence-electron chi connectivity index (χ0n) is 12.8. The molecule has 0 spiro atoms. The fourth-order valence-corrected chi connectivity index (χ4v) is 3.22. The normalized spacial score (nSPS) is 10.7. The number of hydrogen-bond acceptors (Lipinski definition) is 7. The highest BCUT2D eigenvalue weighted by Gasteiger charge is 2.15. The highest BCUT2D eigenvalue weighted by molar-refractivity contribution is 7.99. The molecule has 0 aliphatic heterocycles. The Bertz CT molecular complexity index is 832. The van der Waals surface area contributed by atoms with Crippen molar-refractivity contribution in [3.63, 3.8) is 0 Å². The lowest BCUT2D eigenvalue weighted by Crippen LogP contribution is -2.16. The summed E-state index contributed by atoms with van der Waals surface area (Å²) >= 11 is 2.79.